The molecule has 0 saturated carbocycles. The topological polar surface area (TPSA) is 90.5 Å². The molecule has 0 atom stereocenters. The first-order valence-electron chi connectivity index (χ1n) is 5.00. The van der Waals surface area contributed by atoms with E-state index in [1.165, 1.54) is 13.2 Å². The van der Waals surface area contributed by atoms with E-state index in [9.17, 15) is 13.2 Å². The van der Waals surface area contributed by atoms with Crippen LogP contribution in [0.1, 0.15) is 13.8 Å². The van der Waals surface area contributed by atoms with Crippen LogP contribution in [0, 0.1) is 0 Å². The Balaban J connectivity index is 3.32. The Morgan fingerprint density at radius 1 is 1.47 bits per heavy atom. The molecule has 0 aliphatic carbocycles. The average molecular weight is 260 g/mol. The van der Waals surface area contributed by atoms with E-state index in [-0.39, 0.29) is 11.5 Å². The van der Waals surface area contributed by atoms with E-state index in [2.05, 4.69) is 4.98 Å². The zero-order valence-electron chi connectivity index (χ0n) is 9.97. The lowest BCUT2D eigenvalue weighted by atomic mass is 10.1. The van der Waals surface area contributed by atoms with E-state index in [0.29, 0.717) is 0 Å². The van der Waals surface area contributed by atoms with Gasteiger partial charge in [-0.05, 0) is 13.8 Å². The van der Waals surface area contributed by atoms with Crippen LogP contribution < -0.4 is 5.43 Å². The van der Waals surface area contributed by atoms with E-state index >= 15 is 0 Å². The third kappa shape index (κ3) is 2.56. The van der Waals surface area contributed by atoms with Gasteiger partial charge in [-0.2, -0.15) is 4.31 Å². The van der Waals surface area contributed by atoms with Gasteiger partial charge in [0, 0.05) is 25.5 Å². The third-order valence-corrected chi connectivity index (χ3v) is 4.76. The van der Waals surface area contributed by atoms with Crippen molar-refractivity contribution in [3.63, 3.8) is 0 Å². The normalized spacial score (nSPS) is 13.0. The molecule has 0 spiro atoms. The number of hydrogen-bond acceptors (Lipinski definition) is 4. The van der Waals surface area contributed by atoms with Crippen molar-refractivity contribution in [1.29, 1.82) is 0 Å². The van der Waals surface area contributed by atoms with Crippen molar-refractivity contribution in [2.45, 2.75) is 24.3 Å². The van der Waals surface area contributed by atoms with Gasteiger partial charge in [-0.15, -0.1) is 0 Å². The van der Waals surface area contributed by atoms with Crippen molar-refractivity contribution in [3.05, 3.63) is 28.7 Å². The Hall–Kier alpha value is -1.18. The molecule has 7 heteroatoms. The number of sulfonamides is 1. The summed E-state index contributed by atoms with van der Waals surface area (Å²) in [5.41, 5.74) is -1.55. The molecule has 0 radical (unpaired) electrons. The van der Waals surface area contributed by atoms with E-state index in [4.69, 9.17) is 5.11 Å². The van der Waals surface area contributed by atoms with Gasteiger partial charge in [-0.3, -0.25) is 4.79 Å². The molecule has 0 amide bonds. The minimum Gasteiger partial charge on any atom is -0.394 e. The minimum absolute atomic E-state index is 0.330. The largest absolute Gasteiger partial charge is 0.394 e. The van der Waals surface area contributed by atoms with E-state index in [1.54, 1.807) is 13.8 Å². The number of H-pyrrole nitrogens is 1. The van der Waals surface area contributed by atoms with Crippen LogP contribution in [0.2, 0.25) is 0 Å². The number of aliphatic hydroxyl groups excluding tert-OH is 1. The van der Waals surface area contributed by atoms with Crippen LogP contribution in [0.15, 0.2) is 28.2 Å². The van der Waals surface area contributed by atoms with Crippen molar-refractivity contribution >= 4 is 10.0 Å². The van der Waals surface area contributed by atoms with Crippen LogP contribution in [0.5, 0.6) is 0 Å². The molecule has 96 valence electrons. The zero-order chi connectivity index (χ0) is 13.3. The lowest BCUT2D eigenvalue weighted by molar-refractivity contribution is 0.138. The van der Waals surface area contributed by atoms with Gasteiger partial charge in [-0.25, -0.2) is 8.42 Å². The van der Waals surface area contributed by atoms with E-state index in [0.717, 1.165) is 16.6 Å². The summed E-state index contributed by atoms with van der Waals surface area (Å²) >= 11 is 0. The first-order chi connectivity index (χ1) is 7.73. The second-order valence-corrected chi connectivity index (χ2v) is 6.25. The Morgan fingerprint density at radius 2 is 2.06 bits per heavy atom. The summed E-state index contributed by atoms with van der Waals surface area (Å²) in [4.78, 5) is 13.7. The number of aromatic nitrogens is 1. The Kier molecular flexibility index (Phi) is 3.75. The fourth-order valence-electron chi connectivity index (χ4n) is 1.17. The number of pyridine rings is 1. The number of aliphatic hydroxyl groups is 1. The molecule has 0 saturated heterocycles. The van der Waals surface area contributed by atoms with Gasteiger partial charge in [0.25, 0.3) is 0 Å². The summed E-state index contributed by atoms with van der Waals surface area (Å²) in [5, 5.41) is 9.15. The SMILES string of the molecule is CN(C(C)(C)CO)S(=O)(=O)c1c[nH]ccc1=O. The molecular weight excluding hydrogens is 244 g/mol. The molecule has 0 bridgehead atoms. The molecule has 0 aliphatic rings. The molecule has 0 aliphatic heterocycles. The van der Waals surface area contributed by atoms with Crippen LogP contribution in [0.4, 0.5) is 0 Å². The van der Waals surface area contributed by atoms with Gasteiger partial charge in [0.1, 0.15) is 4.90 Å². The summed E-state index contributed by atoms with van der Waals surface area (Å²) < 4.78 is 25.3. The number of nitrogens with zero attached hydrogens (tertiary/aromatic N) is 1. The van der Waals surface area contributed by atoms with E-state index < -0.39 is 21.0 Å². The lowest BCUT2D eigenvalue weighted by Gasteiger charge is -2.32. The maximum Gasteiger partial charge on any atom is 0.248 e. The van der Waals surface area contributed by atoms with Crippen LogP contribution in [0.25, 0.3) is 0 Å². The highest BCUT2D eigenvalue weighted by atomic mass is 32.2. The van der Waals surface area contributed by atoms with Crippen LogP contribution in [0.3, 0.4) is 0 Å². The van der Waals surface area contributed by atoms with Crippen molar-refractivity contribution < 1.29 is 13.5 Å². The molecule has 6 nitrogen and oxygen atoms in total. The monoisotopic (exact) mass is 260 g/mol. The predicted octanol–water partition coefficient (Wildman–Crippen LogP) is -0.234. The first-order valence-corrected chi connectivity index (χ1v) is 6.44. The molecule has 1 rings (SSSR count). The molecule has 0 unspecified atom stereocenters. The zero-order valence-corrected chi connectivity index (χ0v) is 10.8. The maximum absolute atomic E-state index is 12.2. The summed E-state index contributed by atoms with van der Waals surface area (Å²) in [6.45, 7) is 2.80. The number of nitrogens with one attached hydrogen (secondary N) is 1. The third-order valence-electron chi connectivity index (χ3n) is 2.67. The van der Waals surface area contributed by atoms with Crippen molar-refractivity contribution in [2.24, 2.45) is 0 Å². The second-order valence-electron chi connectivity index (χ2n) is 4.32. The summed E-state index contributed by atoms with van der Waals surface area (Å²) in [5.74, 6) is 0. The van der Waals surface area contributed by atoms with Crippen LogP contribution in [-0.4, -0.2) is 42.0 Å². The smallest absolute Gasteiger partial charge is 0.248 e. The average Bonchev–Trinajstić information content (AvgIpc) is 2.28. The van der Waals surface area contributed by atoms with Gasteiger partial charge in [0.2, 0.25) is 15.5 Å². The molecule has 2 N–H and O–H groups in total. The van der Waals surface area contributed by atoms with Crippen molar-refractivity contribution in [1.82, 2.24) is 9.29 Å². The van der Waals surface area contributed by atoms with Crippen LogP contribution >= 0.6 is 0 Å². The van der Waals surface area contributed by atoms with Crippen LogP contribution in [-0.2, 0) is 10.0 Å². The summed E-state index contributed by atoms with van der Waals surface area (Å²) in [6, 6.07) is 1.15. The van der Waals surface area contributed by atoms with Gasteiger partial charge in [0.15, 0.2) is 0 Å². The van der Waals surface area contributed by atoms with Crippen molar-refractivity contribution in [2.75, 3.05) is 13.7 Å². The fraction of sp³-hybridized carbons (Fsp3) is 0.500. The Morgan fingerprint density at radius 3 is 2.53 bits per heavy atom. The predicted molar refractivity (Wildman–Crippen MR) is 63.2 cm³/mol. The molecule has 0 fully saturated rings. The minimum atomic E-state index is -3.91. The molecule has 1 heterocycles. The summed E-state index contributed by atoms with van der Waals surface area (Å²) in [6.07, 6.45) is 2.50. The van der Waals surface area contributed by atoms with E-state index in [1.807, 2.05) is 0 Å². The lowest BCUT2D eigenvalue weighted by Crippen LogP contribution is -2.48. The maximum atomic E-state index is 12.2. The molecule has 0 aromatic carbocycles. The van der Waals surface area contributed by atoms with Gasteiger partial charge < -0.3 is 10.1 Å². The second kappa shape index (κ2) is 4.59. The number of hydrogen-bond donors (Lipinski definition) is 2. The van der Waals surface area contributed by atoms with Gasteiger partial charge in [0.05, 0.1) is 12.1 Å². The number of aromatic amines is 1. The van der Waals surface area contributed by atoms with Gasteiger partial charge in [-0.1, -0.05) is 0 Å². The first kappa shape index (κ1) is 13.9. The number of likely N-dealkylation sites (N-methyl/N-ethyl adjacent to an activating group) is 1. The molecule has 17 heavy (non-hydrogen) atoms. The quantitative estimate of drug-likeness (QED) is 0.782. The molecular formula is C10H16N2O4S. The highest BCUT2D eigenvalue weighted by Crippen LogP contribution is 2.19. The van der Waals surface area contributed by atoms with Gasteiger partial charge >= 0.3 is 0 Å². The summed E-state index contributed by atoms with van der Waals surface area (Å²) in [7, 11) is -2.58. The van der Waals surface area contributed by atoms with Crippen molar-refractivity contribution in [3.8, 4) is 0 Å². The highest BCUT2D eigenvalue weighted by Gasteiger charge is 2.34. The number of rotatable bonds is 4. The Bertz CT molecular complexity index is 547. The Labute approximate surface area is 100.0 Å². The fourth-order valence-corrected chi connectivity index (χ4v) is 2.72. The highest BCUT2D eigenvalue weighted by molar-refractivity contribution is 7.89. The molecule has 1 aromatic heterocycles. The standard InChI is InChI=1S/C10H16N2O4S/c1-10(2,7-13)12(3)17(15,16)9-6-11-5-4-8(9)14/h4-6,13H,7H2,1-3H3,(H,11,14). The molecule has 1 aromatic rings.